The molecule has 1 aliphatic rings. The smallest absolute Gasteiger partial charge is 0.270 e. The predicted molar refractivity (Wildman–Crippen MR) is 98.3 cm³/mol. The van der Waals surface area contributed by atoms with Crippen molar-refractivity contribution in [1.82, 2.24) is 19.9 Å². The van der Waals surface area contributed by atoms with Crippen molar-refractivity contribution in [2.45, 2.75) is 26.3 Å². The number of benzene rings is 2. The number of aromatic nitrogens is 3. The van der Waals surface area contributed by atoms with Crippen LogP contribution in [0.1, 0.15) is 45.8 Å². The van der Waals surface area contributed by atoms with Crippen LogP contribution in [0, 0.1) is 5.92 Å². The lowest BCUT2D eigenvalue weighted by Crippen LogP contribution is -2.47. The zero-order chi connectivity index (χ0) is 19.1. The van der Waals surface area contributed by atoms with Crippen molar-refractivity contribution in [3.63, 3.8) is 0 Å². The summed E-state index contributed by atoms with van der Waals surface area (Å²) >= 11 is 0. The second-order valence-electron chi connectivity index (χ2n) is 7.00. The van der Waals surface area contributed by atoms with E-state index in [2.05, 4.69) is 10.3 Å². The van der Waals surface area contributed by atoms with Crippen molar-refractivity contribution < 1.29 is 14.4 Å². The fourth-order valence-electron chi connectivity index (χ4n) is 3.43. The van der Waals surface area contributed by atoms with Gasteiger partial charge < -0.3 is 0 Å². The summed E-state index contributed by atoms with van der Waals surface area (Å²) in [7, 11) is 0. The van der Waals surface area contributed by atoms with Gasteiger partial charge in [-0.2, -0.15) is 4.68 Å². The minimum Gasteiger partial charge on any atom is -0.270 e. The van der Waals surface area contributed by atoms with E-state index in [1.807, 2.05) is 19.9 Å². The lowest BCUT2D eigenvalue weighted by molar-refractivity contribution is 0.0487. The third kappa shape index (κ3) is 2.71. The Morgan fingerprint density at radius 3 is 2.19 bits per heavy atom. The molecule has 0 fully saturated rings. The zero-order valence-electron chi connectivity index (χ0n) is 15.0. The van der Waals surface area contributed by atoms with Crippen LogP contribution in [-0.4, -0.2) is 43.7 Å². The second kappa shape index (κ2) is 6.42. The van der Waals surface area contributed by atoms with Crippen LogP contribution in [-0.2, 0) is 0 Å². The molecule has 7 heteroatoms. The molecule has 0 saturated heterocycles. The van der Waals surface area contributed by atoms with Gasteiger partial charge in [-0.1, -0.05) is 43.3 Å². The number of amides is 2. The monoisotopic (exact) mass is 362 g/mol. The van der Waals surface area contributed by atoms with E-state index in [0.29, 0.717) is 28.6 Å². The quantitative estimate of drug-likeness (QED) is 0.666. The summed E-state index contributed by atoms with van der Waals surface area (Å²) in [5.41, 5.74) is 1.78. The maximum atomic E-state index is 13.3. The lowest BCUT2D eigenvalue weighted by Gasteiger charge is -2.26. The molecule has 1 aliphatic heterocycles. The third-order valence-electron chi connectivity index (χ3n) is 4.68. The first-order chi connectivity index (χ1) is 13.0. The molecular formula is C20H18N4O3. The molecule has 1 atom stereocenters. The van der Waals surface area contributed by atoms with Crippen LogP contribution in [0.3, 0.4) is 0 Å². The van der Waals surface area contributed by atoms with E-state index in [4.69, 9.17) is 0 Å². The number of rotatable bonds is 4. The molecule has 0 N–H and O–H groups in total. The van der Waals surface area contributed by atoms with Gasteiger partial charge in [-0.25, -0.2) is 0 Å². The maximum absolute atomic E-state index is 13.3. The minimum atomic E-state index is -0.942. The van der Waals surface area contributed by atoms with E-state index in [9.17, 15) is 14.4 Å². The van der Waals surface area contributed by atoms with Crippen LogP contribution in [0.4, 0.5) is 0 Å². The van der Waals surface area contributed by atoms with E-state index in [1.165, 1.54) is 4.68 Å². The number of carbonyl (C=O) groups excluding carboxylic acids is 3. The number of nitrogens with zero attached hydrogens (tertiary/aromatic N) is 4. The molecule has 0 unspecified atom stereocenters. The molecule has 0 radical (unpaired) electrons. The van der Waals surface area contributed by atoms with Gasteiger partial charge in [0.2, 0.25) is 0 Å². The molecule has 0 spiro atoms. The Bertz CT molecular complexity index is 1030. The van der Waals surface area contributed by atoms with E-state index >= 15 is 0 Å². The Kier molecular flexibility index (Phi) is 4.07. The first-order valence-electron chi connectivity index (χ1n) is 8.80. The van der Waals surface area contributed by atoms with Crippen molar-refractivity contribution in [1.29, 1.82) is 0 Å². The Morgan fingerprint density at radius 1 is 0.963 bits per heavy atom. The Labute approximate surface area is 155 Å². The number of fused-ring (bicyclic) bond motifs is 2. The molecule has 1 aromatic heterocycles. The van der Waals surface area contributed by atoms with E-state index in [1.54, 1.807) is 42.5 Å². The molecular weight excluding hydrogens is 344 g/mol. The fourth-order valence-corrected chi connectivity index (χ4v) is 3.43. The molecule has 7 nitrogen and oxygen atoms in total. The summed E-state index contributed by atoms with van der Waals surface area (Å²) in [5, 5.41) is 7.97. The molecule has 3 aromatic rings. The van der Waals surface area contributed by atoms with Gasteiger partial charge in [-0.15, -0.1) is 5.10 Å². The van der Waals surface area contributed by atoms with Crippen LogP contribution in [0.2, 0.25) is 0 Å². The van der Waals surface area contributed by atoms with Crippen molar-refractivity contribution in [2.24, 2.45) is 5.92 Å². The fraction of sp³-hybridized carbons (Fsp3) is 0.250. The highest BCUT2D eigenvalue weighted by molar-refractivity contribution is 6.23. The predicted octanol–water partition coefficient (Wildman–Crippen LogP) is 2.78. The Morgan fingerprint density at radius 2 is 1.56 bits per heavy atom. The molecule has 2 aromatic carbocycles. The lowest BCUT2D eigenvalue weighted by atomic mass is 10.0. The maximum Gasteiger partial charge on any atom is 0.272 e. The van der Waals surface area contributed by atoms with Gasteiger partial charge in [0.1, 0.15) is 11.6 Å². The largest absolute Gasteiger partial charge is 0.272 e. The van der Waals surface area contributed by atoms with Crippen LogP contribution in [0.5, 0.6) is 0 Å². The normalized spacial score (nSPS) is 14.9. The summed E-state index contributed by atoms with van der Waals surface area (Å²) in [6.45, 7) is 3.88. The van der Waals surface area contributed by atoms with Crippen LogP contribution in [0.25, 0.3) is 11.0 Å². The van der Waals surface area contributed by atoms with Crippen molar-refractivity contribution in [2.75, 3.05) is 0 Å². The zero-order valence-corrected chi connectivity index (χ0v) is 15.0. The van der Waals surface area contributed by atoms with Crippen LogP contribution in [0.15, 0.2) is 48.5 Å². The molecule has 0 bridgehead atoms. The SMILES string of the molecule is CC(C)C[C@@H](C(=O)n1nnc2ccccc21)N1C(=O)c2ccccc2C1=O. The first-order valence-corrected chi connectivity index (χ1v) is 8.80. The van der Waals surface area contributed by atoms with E-state index < -0.39 is 23.8 Å². The summed E-state index contributed by atoms with van der Waals surface area (Å²) < 4.78 is 1.19. The Hall–Kier alpha value is -3.35. The molecule has 27 heavy (non-hydrogen) atoms. The van der Waals surface area contributed by atoms with Gasteiger partial charge in [-0.05, 0) is 36.6 Å². The van der Waals surface area contributed by atoms with Crippen molar-refractivity contribution in [3.8, 4) is 0 Å². The molecule has 4 rings (SSSR count). The van der Waals surface area contributed by atoms with Crippen LogP contribution < -0.4 is 0 Å². The van der Waals surface area contributed by atoms with Crippen molar-refractivity contribution in [3.05, 3.63) is 59.7 Å². The molecule has 2 amide bonds. The number of carbonyl (C=O) groups is 3. The summed E-state index contributed by atoms with van der Waals surface area (Å²) in [5.74, 6) is -1.23. The van der Waals surface area contributed by atoms with Gasteiger partial charge in [0.15, 0.2) is 0 Å². The highest BCUT2D eigenvalue weighted by Crippen LogP contribution is 2.28. The number of para-hydroxylation sites is 1. The van der Waals surface area contributed by atoms with Crippen molar-refractivity contribution >= 4 is 28.8 Å². The molecule has 0 aliphatic carbocycles. The topological polar surface area (TPSA) is 85.2 Å². The van der Waals surface area contributed by atoms with Gasteiger partial charge in [0, 0.05) is 0 Å². The second-order valence-corrected chi connectivity index (χ2v) is 7.00. The average Bonchev–Trinajstić information content (AvgIpc) is 3.20. The number of hydrogen-bond acceptors (Lipinski definition) is 5. The highest BCUT2D eigenvalue weighted by Gasteiger charge is 2.43. The van der Waals surface area contributed by atoms with E-state index in [0.717, 1.165) is 4.90 Å². The summed E-state index contributed by atoms with van der Waals surface area (Å²) in [4.78, 5) is 40.1. The van der Waals surface area contributed by atoms with Gasteiger partial charge in [-0.3, -0.25) is 19.3 Å². The highest BCUT2D eigenvalue weighted by atomic mass is 16.2. The number of hydrogen-bond donors (Lipinski definition) is 0. The molecule has 2 heterocycles. The summed E-state index contributed by atoms with van der Waals surface area (Å²) in [6.07, 6.45) is 0.346. The van der Waals surface area contributed by atoms with Crippen LogP contribution >= 0.6 is 0 Å². The van der Waals surface area contributed by atoms with Gasteiger partial charge >= 0.3 is 0 Å². The summed E-state index contributed by atoms with van der Waals surface area (Å²) in [6, 6.07) is 12.8. The third-order valence-corrected chi connectivity index (χ3v) is 4.68. The Balaban J connectivity index is 1.78. The minimum absolute atomic E-state index is 0.0954. The average molecular weight is 362 g/mol. The number of imide groups is 1. The standard InChI is InChI=1S/C20H18N4O3/c1-12(2)11-17(20(27)24-16-10-6-5-9-15(16)21-22-24)23-18(25)13-7-3-4-8-14(13)19(23)26/h3-10,12,17H,11H2,1-2H3/t17-/m0/s1. The van der Waals surface area contributed by atoms with Gasteiger partial charge in [0.05, 0.1) is 16.6 Å². The van der Waals surface area contributed by atoms with E-state index in [-0.39, 0.29) is 5.92 Å². The molecule has 0 saturated carbocycles. The molecule has 136 valence electrons. The van der Waals surface area contributed by atoms with Gasteiger partial charge in [0.25, 0.3) is 17.7 Å². The first kappa shape index (κ1) is 17.1.